The van der Waals surface area contributed by atoms with E-state index in [0.29, 0.717) is 31.1 Å². The molecule has 0 atom stereocenters. The summed E-state index contributed by atoms with van der Waals surface area (Å²) < 4.78 is 10.9. The number of nitrogen functional groups attached to an aromatic ring is 1. The third-order valence-electron chi connectivity index (χ3n) is 2.42. The first kappa shape index (κ1) is 15.2. The summed E-state index contributed by atoms with van der Waals surface area (Å²) in [6.07, 6.45) is 0.864. The summed E-state index contributed by atoms with van der Waals surface area (Å²) in [6.45, 7) is 7.43. The number of amides is 1. The Morgan fingerprint density at radius 1 is 1.26 bits per heavy atom. The summed E-state index contributed by atoms with van der Waals surface area (Å²) in [4.78, 5) is 11.2. The third kappa shape index (κ3) is 6.03. The highest BCUT2D eigenvalue weighted by molar-refractivity contribution is 5.93. The minimum Gasteiger partial charge on any atom is -0.491 e. The number of carbonyl (C=O) groups is 1. The number of hydrogen-bond acceptors (Lipinski definition) is 4. The standard InChI is InChI=1S/C14H20N2O3/c1-11(2)7-8-18-9-10-19-13-5-3-12(4-6-13)14(17)16-15/h3-6H,1,7-10,15H2,2H3,(H,16,17). The van der Waals surface area contributed by atoms with Gasteiger partial charge in [-0.25, -0.2) is 5.84 Å². The molecule has 0 fully saturated rings. The third-order valence-corrected chi connectivity index (χ3v) is 2.42. The van der Waals surface area contributed by atoms with Gasteiger partial charge in [0.05, 0.1) is 13.2 Å². The Labute approximate surface area is 113 Å². The summed E-state index contributed by atoms with van der Waals surface area (Å²) in [6, 6.07) is 6.75. The van der Waals surface area contributed by atoms with Crippen molar-refractivity contribution in [2.75, 3.05) is 19.8 Å². The molecule has 1 amide bonds. The summed E-state index contributed by atoms with van der Waals surface area (Å²) in [5, 5.41) is 0. The summed E-state index contributed by atoms with van der Waals surface area (Å²) in [5.41, 5.74) is 3.67. The first-order chi connectivity index (χ1) is 9.13. The molecule has 0 aliphatic heterocycles. The number of benzene rings is 1. The molecule has 5 heteroatoms. The molecule has 19 heavy (non-hydrogen) atoms. The minimum absolute atomic E-state index is 0.324. The van der Waals surface area contributed by atoms with Gasteiger partial charge in [-0.1, -0.05) is 5.57 Å². The highest BCUT2D eigenvalue weighted by Gasteiger charge is 2.02. The van der Waals surface area contributed by atoms with Gasteiger partial charge in [-0.2, -0.15) is 0 Å². The number of hydrazine groups is 1. The van der Waals surface area contributed by atoms with Crippen molar-refractivity contribution < 1.29 is 14.3 Å². The van der Waals surface area contributed by atoms with Crippen molar-refractivity contribution in [3.05, 3.63) is 42.0 Å². The topological polar surface area (TPSA) is 73.6 Å². The maximum atomic E-state index is 11.2. The first-order valence-electron chi connectivity index (χ1n) is 6.09. The van der Waals surface area contributed by atoms with Crippen molar-refractivity contribution >= 4 is 5.91 Å². The van der Waals surface area contributed by atoms with Crippen LogP contribution in [0.5, 0.6) is 5.75 Å². The van der Waals surface area contributed by atoms with E-state index in [1.165, 1.54) is 0 Å². The number of carbonyl (C=O) groups excluding carboxylic acids is 1. The van der Waals surface area contributed by atoms with E-state index in [-0.39, 0.29) is 5.91 Å². The highest BCUT2D eigenvalue weighted by atomic mass is 16.5. The van der Waals surface area contributed by atoms with E-state index >= 15 is 0 Å². The summed E-state index contributed by atoms with van der Waals surface area (Å²) in [5.74, 6) is 5.40. The normalized spacial score (nSPS) is 10.0. The van der Waals surface area contributed by atoms with Crippen LogP contribution in [0.4, 0.5) is 0 Å². The van der Waals surface area contributed by atoms with Crippen molar-refractivity contribution in [2.45, 2.75) is 13.3 Å². The quantitative estimate of drug-likeness (QED) is 0.246. The van der Waals surface area contributed by atoms with Gasteiger partial charge in [0.2, 0.25) is 0 Å². The Morgan fingerprint density at radius 3 is 2.53 bits per heavy atom. The molecule has 0 unspecified atom stereocenters. The lowest BCUT2D eigenvalue weighted by molar-refractivity contribution is 0.0953. The SMILES string of the molecule is C=C(C)CCOCCOc1ccc(C(=O)NN)cc1. The van der Waals surface area contributed by atoms with E-state index in [4.69, 9.17) is 15.3 Å². The van der Waals surface area contributed by atoms with Crippen LogP contribution in [0.25, 0.3) is 0 Å². The second-order valence-electron chi connectivity index (χ2n) is 4.17. The Morgan fingerprint density at radius 2 is 1.95 bits per heavy atom. The minimum atomic E-state index is -0.324. The van der Waals surface area contributed by atoms with Crippen LogP contribution in [0.1, 0.15) is 23.7 Å². The molecule has 0 aliphatic rings. The Balaban J connectivity index is 2.23. The van der Waals surface area contributed by atoms with E-state index in [0.717, 1.165) is 12.0 Å². The van der Waals surface area contributed by atoms with Gasteiger partial charge in [-0.15, -0.1) is 6.58 Å². The highest BCUT2D eigenvalue weighted by Crippen LogP contribution is 2.11. The predicted octanol–water partition coefficient (Wildman–Crippen LogP) is 1.65. The van der Waals surface area contributed by atoms with Gasteiger partial charge >= 0.3 is 0 Å². The molecule has 0 bridgehead atoms. The largest absolute Gasteiger partial charge is 0.491 e. The monoisotopic (exact) mass is 264 g/mol. The van der Waals surface area contributed by atoms with Crippen molar-refractivity contribution in [1.29, 1.82) is 0 Å². The molecule has 0 saturated carbocycles. The molecule has 1 aromatic rings. The summed E-state index contributed by atoms with van der Waals surface area (Å²) >= 11 is 0. The molecule has 5 nitrogen and oxygen atoms in total. The van der Waals surface area contributed by atoms with Crippen LogP contribution in [-0.4, -0.2) is 25.7 Å². The zero-order chi connectivity index (χ0) is 14.1. The lowest BCUT2D eigenvalue weighted by Crippen LogP contribution is -2.29. The van der Waals surface area contributed by atoms with Crippen LogP contribution in [0.15, 0.2) is 36.4 Å². The van der Waals surface area contributed by atoms with Crippen LogP contribution in [0.3, 0.4) is 0 Å². The van der Waals surface area contributed by atoms with Crippen LogP contribution in [-0.2, 0) is 4.74 Å². The fourth-order valence-corrected chi connectivity index (χ4v) is 1.35. The number of rotatable bonds is 8. The Bertz CT molecular complexity index is 415. The van der Waals surface area contributed by atoms with Crippen LogP contribution < -0.4 is 16.0 Å². The second-order valence-corrected chi connectivity index (χ2v) is 4.17. The summed E-state index contributed by atoms with van der Waals surface area (Å²) in [7, 11) is 0. The molecule has 0 spiro atoms. The number of hydrogen-bond donors (Lipinski definition) is 2. The molecular formula is C14H20N2O3. The van der Waals surface area contributed by atoms with Crippen LogP contribution in [0.2, 0.25) is 0 Å². The fraction of sp³-hybridized carbons (Fsp3) is 0.357. The molecule has 0 saturated heterocycles. The molecule has 3 N–H and O–H groups in total. The zero-order valence-corrected chi connectivity index (χ0v) is 11.1. The van der Waals surface area contributed by atoms with E-state index in [2.05, 4.69) is 12.0 Å². The van der Waals surface area contributed by atoms with E-state index < -0.39 is 0 Å². The molecule has 1 rings (SSSR count). The average molecular weight is 264 g/mol. The van der Waals surface area contributed by atoms with Crippen molar-refractivity contribution in [1.82, 2.24) is 5.43 Å². The first-order valence-corrected chi connectivity index (χ1v) is 6.09. The van der Waals surface area contributed by atoms with Gasteiger partial charge in [0.1, 0.15) is 12.4 Å². The molecule has 1 aromatic carbocycles. The number of nitrogens with one attached hydrogen (secondary N) is 1. The second kappa shape index (κ2) is 8.29. The number of ether oxygens (including phenoxy) is 2. The van der Waals surface area contributed by atoms with Gasteiger partial charge in [0, 0.05) is 5.56 Å². The molecule has 0 aromatic heterocycles. The average Bonchev–Trinajstić information content (AvgIpc) is 2.42. The lowest BCUT2D eigenvalue weighted by Gasteiger charge is -2.07. The van der Waals surface area contributed by atoms with Gasteiger partial charge < -0.3 is 9.47 Å². The smallest absolute Gasteiger partial charge is 0.265 e. The van der Waals surface area contributed by atoms with Crippen LogP contribution in [0, 0.1) is 0 Å². The molecule has 0 aliphatic carbocycles. The van der Waals surface area contributed by atoms with E-state index in [1.807, 2.05) is 6.92 Å². The van der Waals surface area contributed by atoms with Crippen molar-refractivity contribution in [2.24, 2.45) is 5.84 Å². The van der Waals surface area contributed by atoms with Crippen molar-refractivity contribution in [3.63, 3.8) is 0 Å². The van der Waals surface area contributed by atoms with Gasteiger partial charge in [0.25, 0.3) is 5.91 Å². The van der Waals surface area contributed by atoms with E-state index in [1.54, 1.807) is 24.3 Å². The number of nitrogens with two attached hydrogens (primary N) is 1. The molecule has 104 valence electrons. The van der Waals surface area contributed by atoms with Gasteiger partial charge in [-0.05, 0) is 37.6 Å². The zero-order valence-electron chi connectivity index (χ0n) is 11.1. The van der Waals surface area contributed by atoms with Gasteiger partial charge in [0.15, 0.2) is 0 Å². The fourth-order valence-electron chi connectivity index (χ4n) is 1.35. The maximum Gasteiger partial charge on any atom is 0.265 e. The van der Waals surface area contributed by atoms with Gasteiger partial charge in [-0.3, -0.25) is 10.2 Å². The molecule has 0 radical (unpaired) electrons. The van der Waals surface area contributed by atoms with Crippen LogP contribution >= 0.6 is 0 Å². The predicted molar refractivity (Wildman–Crippen MR) is 73.8 cm³/mol. The van der Waals surface area contributed by atoms with E-state index in [9.17, 15) is 4.79 Å². The van der Waals surface area contributed by atoms with Crippen molar-refractivity contribution in [3.8, 4) is 5.75 Å². The molecule has 0 heterocycles. The maximum absolute atomic E-state index is 11.2. The Hall–Kier alpha value is -1.85. The lowest BCUT2D eigenvalue weighted by atomic mass is 10.2. The Kier molecular flexibility index (Phi) is 6.63. The molecular weight excluding hydrogens is 244 g/mol.